The highest BCUT2D eigenvalue weighted by Gasteiger charge is 2.22. The Morgan fingerprint density at radius 2 is 1.34 bits per heavy atom. The van der Waals surface area contributed by atoms with E-state index in [2.05, 4.69) is 10.2 Å². The molecule has 0 aliphatic heterocycles. The number of hydrogen-bond acceptors (Lipinski definition) is 7. The maximum atomic E-state index is 11.3. The average Bonchev–Trinajstić information content (AvgIpc) is 3.21. The Kier molecular flexibility index (Phi) is 6.22. The van der Waals surface area contributed by atoms with Gasteiger partial charge in [-0.05, 0) is 11.1 Å². The molecule has 1 heterocycles. The summed E-state index contributed by atoms with van der Waals surface area (Å²) >= 11 is 1.48. The summed E-state index contributed by atoms with van der Waals surface area (Å²) in [6.45, 7) is 0.413. The van der Waals surface area contributed by atoms with Gasteiger partial charge in [0.2, 0.25) is 0 Å². The first-order chi connectivity index (χ1) is 15.5. The van der Waals surface area contributed by atoms with Crippen molar-refractivity contribution in [2.75, 3.05) is 0 Å². The SMILES string of the molecule is O=[N+]([O-])c1cc(-c2nnc(SCc3ccccc3)n2Cc2ccccc2)cc([N+](=O)[O-])c1. The van der Waals surface area contributed by atoms with Gasteiger partial charge in [0.15, 0.2) is 11.0 Å². The summed E-state index contributed by atoms with van der Waals surface area (Å²) in [5.74, 6) is 0.985. The van der Waals surface area contributed by atoms with Crippen LogP contribution in [0.25, 0.3) is 11.4 Å². The maximum absolute atomic E-state index is 11.3. The maximum Gasteiger partial charge on any atom is 0.277 e. The summed E-state index contributed by atoms with van der Waals surface area (Å²) in [7, 11) is 0. The minimum Gasteiger partial charge on any atom is -0.298 e. The van der Waals surface area contributed by atoms with Crippen LogP contribution in [0.4, 0.5) is 11.4 Å². The fourth-order valence-corrected chi connectivity index (χ4v) is 4.07. The van der Waals surface area contributed by atoms with Gasteiger partial charge in [-0.15, -0.1) is 10.2 Å². The molecule has 0 unspecified atom stereocenters. The number of aromatic nitrogens is 3. The highest BCUT2D eigenvalue weighted by atomic mass is 32.2. The van der Waals surface area contributed by atoms with E-state index in [4.69, 9.17) is 0 Å². The van der Waals surface area contributed by atoms with Gasteiger partial charge in [0.1, 0.15) is 0 Å². The zero-order chi connectivity index (χ0) is 22.5. The number of rotatable bonds is 8. The largest absolute Gasteiger partial charge is 0.298 e. The molecule has 0 spiro atoms. The van der Waals surface area contributed by atoms with Crippen molar-refractivity contribution < 1.29 is 9.85 Å². The molecule has 0 amide bonds. The molecule has 9 nitrogen and oxygen atoms in total. The number of nitro benzene ring substituents is 2. The molecule has 0 aliphatic rings. The molecule has 3 aromatic carbocycles. The number of thioether (sulfide) groups is 1. The van der Waals surface area contributed by atoms with Crippen LogP contribution in [0.1, 0.15) is 11.1 Å². The number of nitro groups is 2. The molecule has 0 N–H and O–H groups in total. The Balaban J connectivity index is 1.77. The second-order valence-corrected chi connectivity index (χ2v) is 7.85. The van der Waals surface area contributed by atoms with Gasteiger partial charge in [0, 0.05) is 23.4 Å². The second kappa shape index (κ2) is 9.40. The molecule has 4 rings (SSSR count). The molecular weight excluding hydrogens is 430 g/mol. The Morgan fingerprint density at radius 3 is 1.91 bits per heavy atom. The van der Waals surface area contributed by atoms with Crippen molar-refractivity contribution >= 4 is 23.1 Å². The van der Waals surface area contributed by atoms with Crippen LogP contribution in [0.2, 0.25) is 0 Å². The third-order valence-electron chi connectivity index (χ3n) is 4.69. The van der Waals surface area contributed by atoms with Crippen molar-refractivity contribution in [2.24, 2.45) is 0 Å². The topological polar surface area (TPSA) is 117 Å². The van der Waals surface area contributed by atoms with E-state index < -0.39 is 9.85 Å². The molecule has 4 aromatic rings. The molecule has 0 aliphatic carbocycles. The molecule has 0 saturated carbocycles. The van der Waals surface area contributed by atoms with Crippen molar-refractivity contribution in [3.63, 3.8) is 0 Å². The molecule has 1 aromatic heterocycles. The zero-order valence-corrected chi connectivity index (χ0v) is 17.5. The van der Waals surface area contributed by atoms with E-state index in [1.807, 2.05) is 65.2 Å². The Morgan fingerprint density at radius 1 is 0.781 bits per heavy atom. The van der Waals surface area contributed by atoms with Crippen LogP contribution in [-0.2, 0) is 12.3 Å². The molecule has 10 heteroatoms. The lowest BCUT2D eigenvalue weighted by Crippen LogP contribution is -2.05. The van der Waals surface area contributed by atoms with E-state index in [9.17, 15) is 20.2 Å². The molecule has 0 atom stereocenters. The van der Waals surface area contributed by atoms with Gasteiger partial charge in [-0.25, -0.2) is 0 Å². The standard InChI is InChI=1S/C22H17N5O4S/c28-26(29)19-11-18(12-20(13-19)27(30)31)21-23-24-22(32-15-17-9-5-2-6-10-17)25(21)14-16-7-3-1-4-8-16/h1-13H,14-15H2. The lowest BCUT2D eigenvalue weighted by atomic mass is 10.1. The van der Waals surface area contributed by atoms with Crippen LogP contribution in [-0.4, -0.2) is 24.6 Å². The van der Waals surface area contributed by atoms with E-state index in [0.29, 0.717) is 23.3 Å². The predicted octanol–water partition coefficient (Wildman–Crippen LogP) is 5.10. The average molecular weight is 447 g/mol. The van der Waals surface area contributed by atoms with E-state index in [1.165, 1.54) is 23.9 Å². The molecule has 32 heavy (non-hydrogen) atoms. The van der Waals surface area contributed by atoms with Gasteiger partial charge in [-0.2, -0.15) is 0 Å². The van der Waals surface area contributed by atoms with Crippen LogP contribution in [0.3, 0.4) is 0 Å². The van der Waals surface area contributed by atoms with E-state index in [-0.39, 0.29) is 16.9 Å². The molecule has 160 valence electrons. The predicted molar refractivity (Wildman–Crippen MR) is 120 cm³/mol. The van der Waals surface area contributed by atoms with Crippen LogP contribution in [0.15, 0.2) is 84.0 Å². The third kappa shape index (κ3) is 4.81. The molecule has 0 bridgehead atoms. The smallest absolute Gasteiger partial charge is 0.277 e. The summed E-state index contributed by atoms with van der Waals surface area (Å²) in [4.78, 5) is 21.4. The fraction of sp³-hybridized carbons (Fsp3) is 0.0909. The highest BCUT2D eigenvalue weighted by Crippen LogP contribution is 2.32. The minimum absolute atomic E-state index is 0.265. The van der Waals surface area contributed by atoms with Crippen molar-refractivity contribution in [1.82, 2.24) is 14.8 Å². The lowest BCUT2D eigenvalue weighted by molar-refractivity contribution is -0.394. The quantitative estimate of drug-likeness (QED) is 0.209. The summed E-state index contributed by atoms with van der Waals surface area (Å²) in [6, 6.07) is 23.0. The molecule has 0 fully saturated rings. The van der Waals surface area contributed by atoms with Crippen molar-refractivity contribution in [3.8, 4) is 11.4 Å². The van der Waals surface area contributed by atoms with Crippen molar-refractivity contribution in [1.29, 1.82) is 0 Å². The number of nitrogens with zero attached hydrogens (tertiary/aromatic N) is 5. The lowest BCUT2D eigenvalue weighted by Gasteiger charge is -2.11. The number of hydrogen-bond donors (Lipinski definition) is 0. The number of benzene rings is 3. The van der Waals surface area contributed by atoms with Gasteiger partial charge >= 0.3 is 0 Å². The summed E-state index contributed by atoms with van der Waals surface area (Å²) in [5.41, 5.74) is 1.61. The summed E-state index contributed by atoms with van der Waals surface area (Å²) < 4.78 is 1.83. The van der Waals surface area contributed by atoms with Gasteiger partial charge in [0.05, 0.1) is 22.5 Å². The monoisotopic (exact) mass is 447 g/mol. The van der Waals surface area contributed by atoms with Crippen LogP contribution in [0, 0.1) is 20.2 Å². The van der Waals surface area contributed by atoms with E-state index in [0.717, 1.165) is 17.2 Å². The normalized spacial score (nSPS) is 10.8. The Bertz CT molecular complexity index is 1230. The van der Waals surface area contributed by atoms with Gasteiger partial charge in [-0.1, -0.05) is 72.4 Å². The fourth-order valence-electron chi connectivity index (χ4n) is 3.17. The summed E-state index contributed by atoms with van der Waals surface area (Å²) in [6.07, 6.45) is 0. The first-order valence-electron chi connectivity index (χ1n) is 9.59. The third-order valence-corrected chi connectivity index (χ3v) is 5.73. The molecule has 0 saturated heterocycles. The Hall–Kier alpha value is -4.05. The highest BCUT2D eigenvalue weighted by molar-refractivity contribution is 7.98. The van der Waals surface area contributed by atoms with Gasteiger partial charge < -0.3 is 0 Å². The van der Waals surface area contributed by atoms with Crippen molar-refractivity contribution in [2.45, 2.75) is 17.5 Å². The van der Waals surface area contributed by atoms with Crippen LogP contribution >= 0.6 is 11.8 Å². The summed E-state index contributed by atoms with van der Waals surface area (Å²) in [5, 5.41) is 31.8. The zero-order valence-electron chi connectivity index (χ0n) is 16.7. The van der Waals surface area contributed by atoms with Gasteiger partial charge in [-0.3, -0.25) is 24.8 Å². The van der Waals surface area contributed by atoms with E-state index >= 15 is 0 Å². The van der Waals surface area contributed by atoms with E-state index in [1.54, 1.807) is 0 Å². The second-order valence-electron chi connectivity index (χ2n) is 6.90. The van der Waals surface area contributed by atoms with Crippen molar-refractivity contribution in [3.05, 3.63) is 110 Å². The minimum atomic E-state index is -0.653. The van der Waals surface area contributed by atoms with Crippen LogP contribution < -0.4 is 0 Å². The first-order valence-corrected chi connectivity index (χ1v) is 10.6. The van der Waals surface area contributed by atoms with Gasteiger partial charge in [0.25, 0.3) is 11.4 Å². The number of non-ortho nitro benzene ring substituents is 2. The van der Waals surface area contributed by atoms with Crippen LogP contribution in [0.5, 0.6) is 0 Å². The Labute approximate surface area is 187 Å². The molecule has 0 radical (unpaired) electrons. The molecular formula is C22H17N5O4S. The first kappa shape index (κ1) is 21.2.